The maximum atomic E-state index is 13.5. The Kier molecular flexibility index (Phi) is 15.4. The van der Waals surface area contributed by atoms with Gasteiger partial charge in [-0.15, -0.1) is 0 Å². The first kappa shape index (κ1) is 46.9. The van der Waals surface area contributed by atoms with Crippen molar-refractivity contribution in [1.82, 2.24) is 0 Å². The fourth-order valence-electron chi connectivity index (χ4n) is 14.1. The van der Waals surface area contributed by atoms with E-state index in [1.165, 1.54) is 38.5 Å². The van der Waals surface area contributed by atoms with Crippen LogP contribution in [0.2, 0.25) is 0 Å². The van der Waals surface area contributed by atoms with Crippen molar-refractivity contribution in [3.05, 3.63) is 42.5 Å². The molecule has 0 aromatic heterocycles. The van der Waals surface area contributed by atoms with Crippen molar-refractivity contribution in [3.8, 4) is 0 Å². The SMILES string of the molecule is C[C@@]1(O)CC[C@H]2[C@H](CC[C@@H]3[C@@H]2CC[C@]2(C)C(=O)C(S(=O)c4ccccc4)C[C@@H]32)C1.C[C@@]1(O)CC[C@H]2[C@H](CC[C@@H]3[C@@H]2CC[C@]2(C)C(=O)C=C[C@@H]32)C1.O=CO[O-].[H-].[Na+].[Na+]. The molecule has 9 rings (SSSR count). The van der Waals surface area contributed by atoms with E-state index in [2.05, 4.69) is 24.8 Å². The Morgan fingerprint density at radius 2 is 1.23 bits per heavy atom. The predicted molar refractivity (Wildman–Crippen MR) is 206 cm³/mol. The van der Waals surface area contributed by atoms with E-state index in [9.17, 15) is 24.0 Å². The van der Waals surface area contributed by atoms with Gasteiger partial charge in [0.05, 0.1) is 27.3 Å². The van der Waals surface area contributed by atoms with E-state index in [0.29, 0.717) is 41.3 Å². The Balaban J connectivity index is 0.000000228. The molecule has 0 saturated heterocycles. The Bertz CT molecular complexity index is 1620. The van der Waals surface area contributed by atoms with Gasteiger partial charge < -0.3 is 21.8 Å². The topological polar surface area (TPSA) is 141 Å². The molecule has 7 saturated carbocycles. The van der Waals surface area contributed by atoms with Gasteiger partial charge in [-0.3, -0.25) is 18.6 Å². The first-order valence-electron chi connectivity index (χ1n) is 21.0. The number of aliphatic hydroxyl groups is 2. The largest absolute Gasteiger partial charge is 1.00 e. The fourth-order valence-corrected chi connectivity index (χ4v) is 15.7. The summed E-state index contributed by atoms with van der Waals surface area (Å²) in [5.41, 5.74) is -1.30. The molecule has 0 bridgehead atoms. The van der Waals surface area contributed by atoms with Crippen LogP contribution in [0.25, 0.3) is 0 Å². The summed E-state index contributed by atoms with van der Waals surface area (Å²) < 4.78 is 13.3. The zero-order valence-electron chi connectivity index (χ0n) is 35.8. The van der Waals surface area contributed by atoms with Crippen LogP contribution in [-0.2, 0) is 30.1 Å². The zero-order valence-corrected chi connectivity index (χ0v) is 39.6. The number of benzene rings is 1. The number of rotatable bonds is 3. The van der Waals surface area contributed by atoms with Crippen LogP contribution in [0.3, 0.4) is 0 Å². The first-order chi connectivity index (χ1) is 25.6. The summed E-state index contributed by atoms with van der Waals surface area (Å²) in [7, 11) is -1.24. The fraction of sp³-hybridized carbons (Fsp3) is 0.756. The van der Waals surface area contributed by atoms with Crippen LogP contribution < -0.4 is 64.4 Å². The molecule has 8 nitrogen and oxygen atoms in total. The molecule has 1 aromatic carbocycles. The smallest absolute Gasteiger partial charge is 1.00 e. The minimum atomic E-state index is -1.24. The van der Waals surface area contributed by atoms with Crippen molar-refractivity contribution in [3.63, 3.8) is 0 Å². The molecule has 7 fully saturated rings. The number of fused-ring (bicyclic) bond motifs is 10. The summed E-state index contributed by atoms with van der Waals surface area (Å²) >= 11 is 0. The minimum absolute atomic E-state index is 0. The number of Topliss-reactive ketones (excluding diaryl/α,β-unsaturated/α-hetero) is 1. The van der Waals surface area contributed by atoms with Crippen molar-refractivity contribution < 1.29 is 99.5 Å². The summed E-state index contributed by atoms with van der Waals surface area (Å²) in [5.74, 6) is 7.21. The zero-order chi connectivity index (χ0) is 38.6. The van der Waals surface area contributed by atoms with E-state index in [1.807, 2.05) is 50.3 Å². The van der Waals surface area contributed by atoms with Gasteiger partial charge in [0.15, 0.2) is 11.6 Å². The van der Waals surface area contributed by atoms with E-state index in [4.69, 9.17) is 10.1 Å². The molecule has 0 spiro atoms. The van der Waals surface area contributed by atoms with Crippen molar-refractivity contribution in [2.75, 3.05) is 0 Å². The van der Waals surface area contributed by atoms with Crippen LogP contribution >= 0.6 is 0 Å². The van der Waals surface area contributed by atoms with E-state index >= 15 is 0 Å². The van der Waals surface area contributed by atoms with E-state index < -0.39 is 22.0 Å². The van der Waals surface area contributed by atoms with E-state index in [1.54, 1.807) is 0 Å². The number of allylic oxidation sites excluding steroid dienone is 2. The minimum Gasteiger partial charge on any atom is -1.00 e. The number of carbonyl (C=O) groups is 3. The van der Waals surface area contributed by atoms with Crippen molar-refractivity contribution in [2.45, 2.75) is 145 Å². The molecule has 11 heteroatoms. The van der Waals surface area contributed by atoms with Gasteiger partial charge in [-0.2, -0.15) is 0 Å². The van der Waals surface area contributed by atoms with Crippen LogP contribution in [0, 0.1) is 70.0 Å². The summed E-state index contributed by atoms with van der Waals surface area (Å²) in [5, 5.41) is 29.0. The van der Waals surface area contributed by atoms with Crippen molar-refractivity contribution >= 4 is 28.8 Å². The van der Waals surface area contributed by atoms with Crippen LogP contribution in [-0.4, -0.2) is 48.9 Å². The van der Waals surface area contributed by atoms with Crippen LogP contribution in [0.1, 0.15) is 125 Å². The summed E-state index contributed by atoms with van der Waals surface area (Å²) in [6.45, 7) is 8.22. The molecule has 0 aliphatic heterocycles. The molecular formula is C45H64Na2O8S. The molecule has 1 aromatic rings. The quantitative estimate of drug-likeness (QED) is 0.200. The number of ketones is 2. The van der Waals surface area contributed by atoms with Crippen LogP contribution in [0.15, 0.2) is 47.4 Å². The molecule has 0 amide bonds. The summed E-state index contributed by atoms with van der Waals surface area (Å²) in [6, 6.07) is 9.56. The van der Waals surface area contributed by atoms with Gasteiger partial charge in [-0.05, 0) is 188 Å². The maximum Gasteiger partial charge on any atom is 1.00 e. The number of hydrogen-bond donors (Lipinski definition) is 2. The number of carbonyl (C=O) groups excluding carboxylic acids is 3. The third-order valence-electron chi connectivity index (χ3n) is 16.7. The molecule has 300 valence electrons. The molecule has 8 aliphatic rings. The van der Waals surface area contributed by atoms with E-state index in [-0.39, 0.29) is 88.9 Å². The second-order valence-corrected chi connectivity index (χ2v) is 21.4. The van der Waals surface area contributed by atoms with Crippen molar-refractivity contribution in [1.29, 1.82) is 0 Å². The van der Waals surface area contributed by atoms with Gasteiger partial charge in [0, 0.05) is 15.7 Å². The molecule has 8 aliphatic carbocycles. The van der Waals surface area contributed by atoms with Gasteiger partial charge in [0.2, 0.25) is 0 Å². The predicted octanol–water partition coefficient (Wildman–Crippen LogP) is 1.04. The average molecular weight is 811 g/mol. The average Bonchev–Trinajstić information content (AvgIpc) is 3.61. The summed E-state index contributed by atoms with van der Waals surface area (Å²) in [4.78, 5) is 37.8. The van der Waals surface area contributed by atoms with Gasteiger partial charge in [0.1, 0.15) is 0 Å². The monoisotopic (exact) mass is 810 g/mol. The molecule has 0 heterocycles. The van der Waals surface area contributed by atoms with Gasteiger partial charge in [-0.1, -0.05) is 38.1 Å². The second-order valence-electron chi connectivity index (χ2n) is 19.8. The molecule has 0 radical (unpaired) electrons. The second kappa shape index (κ2) is 18.4. The molecular weight excluding hydrogens is 747 g/mol. The normalized spacial score (nSPS) is 46.0. The Hall–Kier alpha value is -0.200. The van der Waals surface area contributed by atoms with E-state index in [0.717, 1.165) is 86.4 Å². The standard InChI is InChI=1S/C25H34O3S.C19H28O2.CH2O3.2Na.H/c1-24(27)12-10-18-16(15-24)8-9-20-19(18)11-13-25(2)21(20)14-22(23(25)26)29(28)17-6-4-3-5-7-17;1-18(21)9-7-13-12(11-18)3-4-15-14(13)8-10-19(2)16(15)5-6-17(19)20;2-1-4-3;;;/h3-7,16,18-22,27H,8-15H2,1-2H3;5-6,12-16,21H,3-4,7-11H2,1-2H3;1,3H;;;/q;;;2*+1;-1/p-1/t16-,18+,19-,20-,21+,22?,24-,25+,29?;12-,13+,14-,15-,16+,18-,19+;;;;/m11..../s1. The molecule has 2 unspecified atom stereocenters. The third kappa shape index (κ3) is 8.90. The Morgan fingerprint density at radius 1 is 0.732 bits per heavy atom. The number of hydrogen-bond acceptors (Lipinski definition) is 8. The van der Waals surface area contributed by atoms with Gasteiger partial charge in [-0.25, -0.2) is 0 Å². The maximum absolute atomic E-state index is 13.5. The van der Waals surface area contributed by atoms with Crippen molar-refractivity contribution in [2.24, 2.45) is 70.0 Å². The molecule has 16 atom stereocenters. The van der Waals surface area contributed by atoms with Crippen LogP contribution in [0.5, 0.6) is 0 Å². The summed E-state index contributed by atoms with van der Waals surface area (Å²) in [6.07, 6.45) is 20.3. The van der Waals surface area contributed by atoms with Gasteiger partial charge >= 0.3 is 59.1 Å². The molecule has 2 N–H and O–H groups in total. The Morgan fingerprint density at radius 3 is 1.79 bits per heavy atom. The molecule has 56 heavy (non-hydrogen) atoms. The van der Waals surface area contributed by atoms with Crippen LogP contribution in [0.4, 0.5) is 0 Å². The van der Waals surface area contributed by atoms with Gasteiger partial charge in [0.25, 0.3) is 6.47 Å². The third-order valence-corrected chi connectivity index (χ3v) is 18.4. The first-order valence-corrected chi connectivity index (χ1v) is 22.2. The Labute approximate surface area is 383 Å².